The third kappa shape index (κ3) is 3.35. The van der Waals surface area contributed by atoms with E-state index >= 15 is 0 Å². The van der Waals surface area contributed by atoms with Gasteiger partial charge in [-0.3, -0.25) is 14.2 Å². The number of carbonyl (C=O) groups is 1. The number of aromatic nitrogens is 3. The van der Waals surface area contributed by atoms with Crippen LogP contribution in [0.15, 0.2) is 35.3 Å². The normalized spacial score (nSPS) is 13.4. The van der Waals surface area contributed by atoms with Gasteiger partial charge in [0.25, 0.3) is 11.5 Å². The molecule has 0 radical (unpaired) electrons. The fourth-order valence-corrected chi connectivity index (χ4v) is 3.53. The number of nitriles is 1. The van der Waals surface area contributed by atoms with E-state index in [4.69, 9.17) is 11.6 Å². The molecule has 1 aliphatic rings. The average Bonchev–Trinajstić information content (AvgIpc) is 2.94. The summed E-state index contributed by atoms with van der Waals surface area (Å²) in [7, 11) is 0. The van der Waals surface area contributed by atoms with Crippen molar-refractivity contribution in [1.29, 1.82) is 5.26 Å². The minimum atomic E-state index is -0.417. The molecule has 1 amide bonds. The number of hydrogen-bond acceptors (Lipinski definition) is 5. The third-order valence-electron chi connectivity index (χ3n) is 4.82. The summed E-state index contributed by atoms with van der Waals surface area (Å²) in [6, 6.07) is 8.17. The largest absolute Gasteiger partial charge is 0.319 e. The second kappa shape index (κ2) is 7.41. The summed E-state index contributed by atoms with van der Waals surface area (Å²) < 4.78 is 1.74. The zero-order chi connectivity index (χ0) is 19.7. The van der Waals surface area contributed by atoms with Gasteiger partial charge in [0, 0.05) is 18.5 Å². The van der Waals surface area contributed by atoms with Crippen molar-refractivity contribution in [2.24, 2.45) is 0 Å². The number of hydrogen-bond donors (Lipinski definition) is 1. The molecule has 3 aromatic rings. The first-order valence-corrected chi connectivity index (χ1v) is 9.35. The number of carbonyl (C=O) groups excluding carboxylic acids is 1. The van der Waals surface area contributed by atoms with Crippen LogP contribution < -0.4 is 10.9 Å². The molecule has 8 heteroatoms. The molecule has 4 rings (SSSR count). The van der Waals surface area contributed by atoms with Gasteiger partial charge in [-0.25, -0.2) is 9.97 Å². The lowest BCUT2D eigenvalue weighted by Gasteiger charge is -2.11. The van der Waals surface area contributed by atoms with E-state index in [1.54, 1.807) is 22.8 Å². The molecule has 0 atom stereocenters. The average molecular weight is 394 g/mol. The van der Waals surface area contributed by atoms with Gasteiger partial charge in [-0.2, -0.15) is 5.26 Å². The minimum absolute atomic E-state index is 0.0671. The van der Waals surface area contributed by atoms with Crippen molar-refractivity contribution in [3.8, 4) is 6.07 Å². The van der Waals surface area contributed by atoms with E-state index in [0.717, 1.165) is 31.5 Å². The summed E-state index contributed by atoms with van der Waals surface area (Å²) in [4.78, 5) is 34.0. The Bertz CT molecular complexity index is 1200. The smallest absolute Gasteiger partial charge is 0.261 e. The number of nitrogens with one attached hydrogen (secondary N) is 1. The van der Waals surface area contributed by atoms with Crippen LogP contribution in [0.25, 0.3) is 10.9 Å². The SMILES string of the molecule is N#Cc1cc(Cl)ncc1NC(=O)c1ccc2c(=O)n3c(nc2c1)CCCCC3. The van der Waals surface area contributed by atoms with Crippen LogP contribution in [0.2, 0.25) is 5.15 Å². The lowest BCUT2D eigenvalue weighted by atomic mass is 10.1. The Kier molecular flexibility index (Phi) is 4.80. The Morgan fingerprint density at radius 2 is 2.11 bits per heavy atom. The van der Waals surface area contributed by atoms with Crippen LogP contribution in [0, 0.1) is 11.3 Å². The fraction of sp³-hybridized carbons (Fsp3) is 0.250. The van der Waals surface area contributed by atoms with Crippen molar-refractivity contribution >= 4 is 34.1 Å². The summed E-state index contributed by atoms with van der Waals surface area (Å²) in [6.07, 6.45) is 5.13. The summed E-state index contributed by atoms with van der Waals surface area (Å²) in [5.41, 5.74) is 1.27. The van der Waals surface area contributed by atoms with E-state index in [2.05, 4.69) is 15.3 Å². The Morgan fingerprint density at radius 1 is 1.25 bits per heavy atom. The predicted octanol–water partition coefficient (Wildman–Crippen LogP) is 3.30. The van der Waals surface area contributed by atoms with E-state index < -0.39 is 5.91 Å². The lowest BCUT2D eigenvalue weighted by Crippen LogP contribution is -2.24. The number of pyridine rings is 1. The van der Waals surface area contributed by atoms with Crippen molar-refractivity contribution in [3.05, 3.63) is 62.9 Å². The molecular weight excluding hydrogens is 378 g/mol. The van der Waals surface area contributed by atoms with Crippen molar-refractivity contribution in [3.63, 3.8) is 0 Å². The monoisotopic (exact) mass is 393 g/mol. The molecule has 0 unspecified atom stereocenters. The molecule has 0 bridgehead atoms. The lowest BCUT2D eigenvalue weighted by molar-refractivity contribution is 0.102. The van der Waals surface area contributed by atoms with Crippen LogP contribution in [0.4, 0.5) is 5.69 Å². The fourth-order valence-electron chi connectivity index (χ4n) is 3.38. The van der Waals surface area contributed by atoms with E-state index in [9.17, 15) is 14.9 Å². The maximum Gasteiger partial charge on any atom is 0.261 e. The number of aryl methyl sites for hydroxylation is 1. The molecular formula is C20H16ClN5O2. The molecule has 0 saturated heterocycles. The van der Waals surface area contributed by atoms with Crippen LogP contribution in [0.3, 0.4) is 0 Å². The maximum absolute atomic E-state index is 12.8. The molecule has 0 saturated carbocycles. The highest BCUT2D eigenvalue weighted by molar-refractivity contribution is 6.29. The van der Waals surface area contributed by atoms with Gasteiger partial charge in [0.1, 0.15) is 17.0 Å². The van der Waals surface area contributed by atoms with Crippen LogP contribution in [0.1, 0.15) is 41.0 Å². The van der Waals surface area contributed by atoms with Crippen molar-refractivity contribution in [1.82, 2.24) is 14.5 Å². The topological polar surface area (TPSA) is 101 Å². The summed E-state index contributed by atoms with van der Waals surface area (Å²) in [5, 5.41) is 12.5. The van der Waals surface area contributed by atoms with Crippen LogP contribution in [0.5, 0.6) is 0 Å². The highest BCUT2D eigenvalue weighted by Crippen LogP contribution is 2.20. The Labute approximate surface area is 165 Å². The number of anilines is 1. The van der Waals surface area contributed by atoms with Gasteiger partial charge in [0.15, 0.2) is 0 Å². The molecule has 3 heterocycles. The summed E-state index contributed by atoms with van der Waals surface area (Å²) >= 11 is 5.78. The number of nitrogens with zero attached hydrogens (tertiary/aromatic N) is 4. The highest BCUT2D eigenvalue weighted by atomic mass is 35.5. The minimum Gasteiger partial charge on any atom is -0.319 e. The highest BCUT2D eigenvalue weighted by Gasteiger charge is 2.16. The first-order valence-electron chi connectivity index (χ1n) is 8.97. The van der Waals surface area contributed by atoms with E-state index in [0.29, 0.717) is 23.0 Å². The predicted molar refractivity (Wildman–Crippen MR) is 105 cm³/mol. The molecule has 0 fully saturated rings. The Morgan fingerprint density at radius 3 is 2.93 bits per heavy atom. The van der Waals surface area contributed by atoms with E-state index in [1.807, 2.05) is 6.07 Å². The second-order valence-electron chi connectivity index (χ2n) is 6.65. The van der Waals surface area contributed by atoms with Crippen molar-refractivity contribution in [2.45, 2.75) is 32.2 Å². The zero-order valence-electron chi connectivity index (χ0n) is 14.9. The van der Waals surface area contributed by atoms with Gasteiger partial charge in [-0.05, 0) is 37.1 Å². The zero-order valence-corrected chi connectivity index (χ0v) is 15.7. The van der Waals surface area contributed by atoms with Gasteiger partial charge in [-0.15, -0.1) is 0 Å². The molecule has 0 aliphatic carbocycles. The van der Waals surface area contributed by atoms with Crippen molar-refractivity contribution < 1.29 is 4.79 Å². The quantitative estimate of drug-likeness (QED) is 0.673. The third-order valence-corrected chi connectivity index (χ3v) is 5.02. The standard InChI is InChI=1S/C20H16ClN5O2/c21-17-9-13(10-22)16(11-23-17)25-19(27)12-5-6-14-15(8-12)24-18-4-2-1-3-7-26(18)20(14)28/h5-6,8-9,11H,1-4,7H2,(H,25,27). The molecule has 140 valence electrons. The number of halogens is 1. The Hall–Kier alpha value is -3.24. The van der Waals surface area contributed by atoms with E-state index in [1.165, 1.54) is 12.3 Å². The van der Waals surface area contributed by atoms with Crippen molar-refractivity contribution in [2.75, 3.05) is 5.32 Å². The summed E-state index contributed by atoms with van der Waals surface area (Å²) in [5.74, 6) is 0.348. The maximum atomic E-state index is 12.8. The number of rotatable bonds is 2. The first-order chi connectivity index (χ1) is 13.6. The molecule has 7 nitrogen and oxygen atoms in total. The molecule has 0 spiro atoms. The van der Waals surface area contributed by atoms with Crippen LogP contribution >= 0.6 is 11.6 Å². The van der Waals surface area contributed by atoms with E-state index in [-0.39, 0.29) is 22.0 Å². The first kappa shape index (κ1) is 18.1. The molecule has 1 aliphatic heterocycles. The molecule has 2 aromatic heterocycles. The van der Waals surface area contributed by atoms with Gasteiger partial charge < -0.3 is 5.32 Å². The van der Waals surface area contributed by atoms with Crippen LogP contribution in [-0.4, -0.2) is 20.4 Å². The summed E-state index contributed by atoms with van der Waals surface area (Å²) in [6.45, 7) is 0.680. The van der Waals surface area contributed by atoms with Crippen LogP contribution in [-0.2, 0) is 13.0 Å². The van der Waals surface area contributed by atoms with Gasteiger partial charge >= 0.3 is 0 Å². The van der Waals surface area contributed by atoms with Gasteiger partial charge in [0.2, 0.25) is 0 Å². The molecule has 1 aromatic carbocycles. The number of amides is 1. The number of benzene rings is 1. The molecule has 1 N–H and O–H groups in total. The van der Waals surface area contributed by atoms with Gasteiger partial charge in [0.05, 0.1) is 28.4 Å². The molecule has 28 heavy (non-hydrogen) atoms. The number of fused-ring (bicyclic) bond motifs is 2. The second-order valence-corrected chi connectivity index (χ2v) is 7.03. The Balaban J connectivity index is 1.71. The van der Waals surface area contributed by atoms with Gasteiger partial charge in [-0.1, -0.05) is 18.0 Å².